The van der Waals surface area contributed by atoms with Crippen molar-refractivity contribution in [3.8, 4) is 5.75 Å². The molecule has 1 aromatic rings. The molecule has 0 aromatic heterocycles. The van der Waals surface area contributed by atoms with Crippen LogP contribution >= 0.6 is 0 Å². The summed E-state index contributed by atoms with van der Waals surface area (Å²) in [5.74, 6) is 1.10. The van der Waals surface area contributed by atoms with Crippen LogP contribution in [0.4, 0.5) is 0 Å². The molecule has 2 aliphatic rings. The van der Waals surface area contributed by atoms with Gasteiger partial charge < -0.3 is 15.0 Å². The summed E-state index contributed by atoms with van der Waals surface area (Å²) in [6, 6.07) is 4.75. The molecule has 1 aliphatic heterocycles. The number of nitrogens with zero attached hydrogens (tertiary/aromatic N) is 1. The van der Waals surface area contributed by atoms with Crippen LogP contribution in [0.5, 0.6) is 5.75 Å². The zero-order valence-corrected chi connectivity index (χ0v) is 13.3. The molecule has 0 spiro atoms. The Morgan fingerprint density at radius 3 is 2.48 bits per heavy atom. The van der Waals surface area contributed by atoms with Crippen molar-refractivity contribution in [1.29, 1.82) is 0 Å². The Morgan fingerprint density at radius 2 is 1.76 bits per heavy atom. The Labute approximate surface area is 128 Å². The third-order valence-electron chi connectivity index (χ3n) is 4.90. The van der Waals surface area contributed by atoms with Gasteiger partial charge in [0.1, 0.15) is 5.75 Å². The van der Waals surface area contributed by atoms with Crippen LogP contribution in [0, 0.1) is 0 Å². The third-order valence-corrected chi connectivity index (χ3v) is 4.90. The summed E-state index contributed by atoms with van der Waals surface area (Å²) in [5.41, 5.74) is 4.50. The molecule has 1 fully saturated rings. The van der Waals surface area contributed by atoms with E-state index in [1.807, 2.05) is 7.11 Å². The SMILES string of the molecule is COc1cc2c(cc1CCN1CCNCC1)CCCCC2. The van der Waals surface area contributed by atoms with Gasteiger partial charge in [-0.05, 0) is 54.9 Å². The summed E-state index contributed by atoms with van der Waals surface area (Å²) in [6.07, 6.45) is 7.63. The van der Waals surface area contributed by atoms with E-state index in [1.54, 1.807) is 5.56 Å². The van der Waals surface area contributed by atoms with Crippen molar-refractivity contribution < 1.29 is 4.74 Å². The van der Waals surface area contributed by atoms with Crippen LogP contribution in [0.15, 0.2) is 12.1 Å². The molecule has 0 atom stereocenters. The van der Waals surface area contributed by atoms with Crippen molar-refractivity contribution in [2.24, 2.45) is 0 Å². The minimum atomic E-state index is 1.10. The molecular weight excluding hydrogens is 260 g/mol. The van der Waals surface area contributed by atoms with Crippen molar-refractivity contribution in [1.82, 2.24) is 10.2 Å². The van der Waals surface area contributed by atoms with Crippen LogP contribution in [0.3, 0.4) is 0 Å². The Bertz CT molecular complexity index is 467. The van der Waals surface area contributed by atoms with E-state index in [0.717, 1.165) is 31.8 Å². The Morgan fingerprint density at radius 1 is 1.05 bits per heavy atom. The summed E-state index contributed by atoms with van der Waals surface area (Å²) in [4.78, 5) is 2.56. The largest absolute Gasteiger partial charge is 0.496 e. The van der Waals surface area contributed by atoms with Crippen LogP contribution in [0.2, 0.25) is 0 Å². The van der Waals surface area contributed by atoms with Gasteiger partial charge in [-0.2, -0.15) is 0 Å². The van der Waals surface area contributed by atoms with E-state index >= 15 is 0 Å². The molecule has 0 radical (unpaired) electrons. The highest BCUT2D eigenvalue weighted by Gasteiger charge is 2.15. The Balaban J connectivity index is 1.72. The molecule has 21 heavy (non-hydrogen) atoms. The van der Waals surface area contributed by atoms with Crippen molar-refractivity contribution in [2.75, 3.05) is 39.8 Å². The summed E-state index contributed by atoms with van der Waals surface area (Å²) in [7, 11) is 1.81. The number of nitrogens with one attached hydrogen (secondary N) is 1. The summed E-state index contributed by atoms with van der Waals surface area (Å²) in [5, 5.41) is 3.42. The quantitative estimate of drug-likeness (QED) is 0.861. The number of aryl methyl sites for hydroxylation is 2. The second-order valence-electron chi connectivity index (χ2n) is 6.34. The maximum atomic E-state index is 5.66. The maximum absolute atomic E-state index is 5.66. The predicted molar refractivity (Wildman–Crippen MR) is 87.3 cm³/mol. The molecule has 0 bridgehead atoms. The molecule has 0 saturated carbocycles. The first kappa shape index (κ1) is 14.9. The van der Waals surface area contributed by atoms with Gasteiger partial charge in [0.25, 0.3) is 0 Å². The fraction of sp³-hybridized carbons (Fsp3) is 0.667. The molecule has 1 heterocycles. The van der Waals surface area contributed by atoms with Gasteiger partial charge in [-0.15, -0.1) is 0 Å². The maximum Gasteiger partial charge on any atom is 0.122 e. The number of benzene rings is 1. The Hall–Kier alpha value is -1.06. The molecule has 1 aliphatic carbocycles. The molecule has 1 aromatic carbocycles. The number of hydrogen-bond acceptors (Lipinski definition) is 3. The number of hydrogen-bond donors (Lipinski definition) is 1. The molecule has 1 saturated heterocycles. The van der Waals surface area contributed by atoms with Crippen LogP contribution in [-0.2, 0) is 19.3 Å². The van der Waals surface area contributed by atoms with Crippen molar-refractivity contribution >= 4 is 0 Å². The van der Waals surface area contributed by atoms with E-state index in [2.05, 4.69) is 22.3 Å². The fourth-order valence-corrected chi connectivity index (χ4v) is 3.59. The van der Waals surface area contributed by atoms with Crippen molar-refractivity contribution in [3.63, 3.8) is 0 Å². The molecule has 0 amide bonds. The normalized spacial score (nSPS) is 19.9. The highest BCUT2D eigenvalue weighted by atomic mass is 16.5. The molecule has 116 valence electrons. The molecule has 3 heteroatoms. The minimum absolute atomic E-state index is 1.10. The lowest BCUT2D eigenvalue weighted by molar-refractivity contribution is 0.243. The number of rotatable bonds is 4. The first-order valence-electron chi connectivity index (χ1n) is 8.48. The van der Waals surface area contributed by atoms with Crippen LogP contribution in [-0.4, -0.2) is 44.7 Å². The van der Waals surface area contributed by atoms with Crippen molar-refractivity contribution in [3.05, 3.63) is 28.8 Å². The van der Waals surface area contributed by atoms with Gasteiger partial charge in [0.15, 0.2) is 0 Å². The van der Waals surface area contributed by atoms with Gasteiger partial charge >= 0.3 is 0 Å². The highest BCUT2D eigenvalue weighted by molar-refractivity contribution is 5.43. The number of methoxy groups -OCH3 is 1. The fourth-order valence-electron chi connectivity index (χ4n) is 3.59. The molecule has 3 rings (SSSR count). The second kappa shape index (κ2) is 7.28. The van der Waals surface area contributed by atoms with E-state index < -0.39 is 0 Å². The number of fused-ring (bicyclic) bond motifs is 1. The van der Waals surface area contributed by atoms with Crippen LogP contribution < -0.4 is 10.1 Å². The van der Waals surface area contributed by atoms with Gasteiger partial charge in [0, 0.05) is 32.7 Å². The molecular formula is C18H28N2O. The first-order chi connectivity index (χ1) is 10.4. The lowest BCUT2D eigenvalue weighted by atomic mass is 9.97. The topological polar surface area (TPSA) is 24.5 Å². The Kier molecular flexibility index (Phi) is 5.15. The summed E-state index contributed by atoms with van der Waals surface area (Å²) in [6.45, 7) is 5.75. The van der Waals surface area contributed by atoms with Crippen LogP contribution in [0.25, 0.3) is 0 Å². The van der Waals surface area contributed by atoms with E-state index in [9.17, 15) is 0 Å². The zero-order chi connectivity index (χ0) is 14.5. The lowest BCUT2D eigenvalue weighted by Gasteiger charge is -2.27. The molecule has 1 N–H and O–H groups in total. The van der Waals surface area contributed by atoms with E-state index in [-0.39, 0.29) is 0 Å². The molecule has 0 unspecified atom stereocenters. The summed E-state index contributed by atoms with van der Waals surface area (Å²) < 4.78 is 5.66. The highest BCUT2D eigenvalue weighted by Crippen LogP contribution is 2.29. The third kappa shape index (κ3) is 3.78. The summed E-state index contributed by atoms with van der Waals surface area (Å²) >= 11 is 0. The minimum Gasteiger partial charge on any atom is -0.496 e. The van der Waals surface area contributed by atoms with Crippen molar-refractivity contribution in [2.45, 2.75) is 38.5 Å². The lowest BCUT2D eigenvalue weighted by Crippen LogP contribution is -2.44. The second-order valence-corrected chi connectivity index (χ2v) is 6.34. The molecule has 3 nitrogen and oxygen atoms in total. The van der Waals surface area contributed by atoms with E-state index in [1.165, 1.54) is 56.3 Å². The van der Waals surface area contributed by atoms with E-state index in [0.29, 0.717) is 0 Å². The smallest absolute Gasteiger partial charge is 0.122 e. The standard InChI is InChI=1S/C18H28N2O/c1-21-18-14-16-6-4-2-3-5-15(16)13-17(18)7-10-20-11-8-19-9-12-20/h13-14,19H,2-12H2,1H3. The van der Waals surface area contributed by atoms with Gasteiger partial charge in [0.2, 0.25) is 0 Å². The number of piperazine rings is 1. The van der Waals surface area contributed by atoms with E-state index in [4.69, 9.17) is 4.74 Å². The zero-order valence-electron chi connectivity index (χ0n) is 13.3. The van der Waals surface area contributed by atoms with Gasteiger partial charge in [-0.1, -0.05) is 12.5 Å². The average Bonchev–Trinajstić information content (AvgIpc) is 2.77. The first-order valence-corrected chi connectivity index (χ1v) is 8.48. The predicted octanol–water partition coefficient (Wildman–Crippen LogP) is 2.41. The average molecular weight is 288 g/mol. The van der Waals surface area contributed by atoms with Gasteiger partial charge in [-0.3, -0.25) is 0 Å². The van der Waals surface area contributed by atoms with Crippen LogP contribution in [0.1, 0.15) is 36.0 Å². The van der Waals surface area contributed by atoms with Gasteiger partial charge in [0.05, 0.1) is 7.11 Å². The monoisotopic (exact) mass is 288 g/mol. The number of ether oxygens (including phenoxy) is 1. The van der Waals surface area contributed by atoms with Gasteiger partial charge in [-0.25, -0.2) is 0 Å².